The van der Waals surface area contributed by atoms with Crippen LogP contribution in [0.5, 0.6) is 0 Å². The van der Waals surface area contributed by atoms with Crippen LogP contribution in [0.25, 0.3) is 0 Å². The molecule has 0 aromatic carbocycles. The number of hydrogen-bond donors (Lipinski definition) is 1. The van der Waals surface area contributed by atoms with Crippen molar-refractivity contribution in [2.45, 2.75) is 13.3 Å². The monoisotopic (exact) mass is 174 g/mol. The minimum Gasteiger partial charge on any atom is -0.306 e. The molecule has 68 valence electrons. The van der Waals surface area contributed by atoms with Crippen molar-refractivity contribution in [1.29, 1.82) is 0 Å². The number of aromatic nitrogens is 1. The summed E-state index contributed by atoms with van der Waals surface area (Å²) < 4.78 is 0. The van der Waals surface area contributed by atoms with Gasteiger partial charge in [0.15, 0.2) is 0 Å². The molecule has 0 unspecified atom stereocenters. The van der Waals surface area contributed by atoms with Gasteiger partial charge in [-0.2, -0.15) is 0 Å². The molecule has 0 spiro atoms. The summed E-state index contributed by atoms with van der Waals surface area (Å²) in [5, 5.41) is 3.23. The van der Waals surface area contributed by atoms with Crippen LogP contribution in [0.4, 0.5) is 0 Å². The Kier molecular flexibility index (Phi) is 4.66. The summed E-state index contributed by atoms with van der Waals surface area (Å²) in [6.07, 6.45) is 4.70. The van der Waals surface area contributed by atoms with Crippen molar-refractivity contribution in [3.63, 3.8) is 0 Å². The van der Waals surface area contributed by atoms with Crippen LogP contribution >= 0.6 is 0 Å². The zero-order chi connectivity index (χ0) is 9.36. The molecular weight excluding hydrogens is 160 g/mol. The molecule has 0 aliphatic heterocycles. The molecule has 0 aliphatic carbocycles. The van der Waals surface area contributed by atoms with E-state index in [1.54, 1.807) is 6.20 Å². The van der Waals surface area contributed by atoms with Gasteiger partial charge in [-0.15, -0.1) is 5.92 Å². The van der Waals surface area contributed by atoms with Crippen LogP contribution in [0.2, 0.25) is 0 Å². The molecule has 0 saturated heterocycles. The first-order valence-corrected chi connectivity index (χ1v) is 4.42. The van der Waals surface area contributed by atoms with E-state index >= 15 is 0 Å². The zero-order valence-corrected chi connectivity index (χ0v) is 7.88. The Bertz CT molecular complexity index is 282. The number of rotatable bonds is 4. The maximum atomic E-state index is 4.04. The van der Waals surface area contributed by atoms with Crippen molar-refractivity contribution < 1.29 is 0 Å². The highest BCUT2D eigenvalue weighted by molar-refractivity contribution is 5.08. The lowest BCUT2D eigenvalue weighted by molar-refractivity contribution is 0.751. The van der Waals surface area contributed by atoms with Crippen molar-refractivity contribution in [1.82, 2.24) is 10.3 Å². The van der Waals surface area contributed by atoms with Gasteiger partial charge in [-0.05, 0) is 25.0 Å². The lowest BCUT2D eigenvalue weighted by Crippen LogP contribution is -2.17. The van der Waals surface area contributed by atoms with Crippen LogP contribution in [-0.2, 0) is 6.42 Å². The third kappa shape index (κ3) is 4.29. The van der Waals surface area contributed by atoms with Crippen molar-refractivity contribution >= 4 is 0 Å². The highest BCUT2D eigenvalue weighted by Crippen LogP contribution is 1.94. The van der Waals surface area contributed by atoms with Crippen molar-refractivity contribution in [2.75, 3.05) is 13.1 Å². The Hall–Kier alpha value is -1.33. The summed E-state index contributed by atoms with van der Waals surface area (Å²) in [6, 6.07) is 4.04. The summed E-state index contributed by atoms with van der Waals surface area (Å²) in [5.74, 6) is 5.80. The summed E-state index contributed by atoms with van der Waals surface area (Å²) in [4.78, 5) is 4.04. The average Bonchev–Trinajstić information content (AvgIpc) is 2.19. The molecule has 1 rings (SSSR count). The first kappa shape index (κ1) is 9.76. The van der Waals surface area contributed by atoms with Crippen molar-refractivity contribution in [2.24, 2.45) is 0 Å². The Balaban J connectivity index is 2.16. The number of nitrogens with zero attached hydrogens (tertiary/aromatic N) is 1. The van der Waals surface area contributed by atoms with Crippen LogP contribution in [-0.4, -0.2) is 18.1 Å². The molecule has 0 bridgehead atoms. The van der Waals surface area contributed by atoms with Crippen LogP contribution in [0.3, 0.4) is 0 Å². The van der Waals surface area contributed by atoms with Gasteiger partial charge in [0, 0.05) is 18.9 Å². The Labute approximate surface area is 79.4 Å². The second kappa shape index (κ2) is 6.22. The molecular formula is C11H14N2. The quantitative estimate of drug-likeness (QED) is 0.548. The smallest absolute Gasteiger partial charge is 0.0576 e. The molecule has 2 heteroatoms. The van der Waals surface area contributed by atoms with Gasteiger partial charge in [0.1, 0.15) is 0 Å². The van der Waals surface area contributed by atoms with E-state index in [1.165, 1.54) is 5.56 Å². The van der Waals surface area contributed by atoms with Gasteiger partial charge < -0.3 is 5.32 Å². The Morgan fingerprint density at radius 3 is 3.15 bits per heavy atom. The Morgan fingerprint density at radius 2 is 2.46 bits per heavy atom. The second-order valence-corrected chi connectivity index (χ2v) is 2.71. The van der Waals surface area contributed by atoms with Crippen LogP contribution in [0, 0.1) is 11.8 Å². The van der Waals surface area contributed by atoms with Gasteiger partial charge in [-0.1, -0.05) is 12.0 Å². The minimum atomic E-state index is 0.775. The molecule has 2 nitrogen and oxygen atoms in total. The summed E-state index contributed by atoms with van der Waals surface area (Å²) in [7, 11) is 0. The molecule has 1 aromatic rings. The molecule has 0 saturated carbocycles. The van der Waals surface area contributed by atoms with E-state index in [9.17, 15) is 0 Å². The predicted molar refractivity (Wildman–Crippen MR) is 54.3 cm³/mol. The molecule has 1 N–H and O–H groups in total. The number of hydrogen-bond acceptors (Lipinski definition) is 2. The maximum absolute atomic E-state index is 4.04. The fourth-order valence-electron chi connectivity index (χ4n) is 1.02. The van der Waals surface area contributed by atoms with Gasteiger partial charge >= 0.3 is 0 Å². The molecule has 0 atom stereocenters. The Morgan fingerprint density at radius 1 is 1.54 bits per heavy atom. The van der Waals surface area contributed by atoms with Gasteiger partial charge in [0.2, 0.25) is 0 Å². The van der Waals surface area contributed by atoms with E-state index in [4.69, 9.17) is 0 Å². The van der Waals surface area contributed by atoms with E-state index in [-0.39, 0.29) is 0 Å². The second-order valence-electron chi connectivity index (χ2n) is 2.71. The number of pyridine rings is 1. The van der Waals surface area contributed by atoms with Crippen molar-refractivity contribution in [3.05, 3.63) is 30.1 Å². The average molecular weight is 174 g/mol. The molecule has 0 radical (unpaired) electrons. The third-order valence-electron chi connectivity index (χ3n) is 1.70. The van der Waals surface area contributed by atoms with Crippen LogP contribution < -0.4 is 5.32 Å². The van der Waals surface area contributed by atoms with Crippen LogP contribution in [0.1, 0.15) is 12.5 Å². The zero-order valence-electron chi connectivity index (χ0n) is 7.88. The largest absolute Gasteiger partial charge is 0.306 e. The highest BCUT2D eigenvalue weighted by atomic mass is 14.8. The molecule has 1 heterocycles. The van der Waals surface area contributed by atoms with E-state index in [0.717, 1.165) is 19.5 Å². The lowest BCUT2D eigenvalue weighted by atomic mass is 10.2. The topological polar surface area (TPSA) is 24.9 Å². The molecule has 0 aliphatic rings. The third-order valence-corrected chi connectivity index (χ3v) is 1.70. The van der Waals surface area contributed by atoms with Crippen LogP contribution in [0.15, 0.2) is 24.5 Å². The first-order chi connectivity index (χ1) is 6.43. The molecule has 13 heavy (non-hydrogen) atoms. The normalized spacial score (nSPS) is 9.00. The van der Waals surface area contributed by atoms with Gasteiger partial charge in [0.25, 0.3) is 0 Å². The van der Waals surface area contributed by atoms with Crippen molar-refractivity contribution in [3.8, 4) is 11.8 Å². The fraction of sp³-hybridized carbons (Fsp3) is 0.364. The molecule has 1 aromatic heterocycles. The predicted octanol–water partition coefficient (Wildman–Crippen LogP) is 1.24. The van der Waals surface area contributed by atoms with E-state index in [2.05, 4.69) is 28.2 Å². The summed E-state index contributed by atoms with van der Waals surface area (Å²) in [6.45, 7) is 3.58. The van der Waals surface area contributed by atoms with Gasteiger partial charge in [-0.3, -0.25) is 4.98 Å². The summed E-state index contributed by atoms with van der Waals surface area (Å²) >= 11 is 0. The standard InChI is InChI=1S/C11H14N2/c1-2-3-7-12-9-6-11-5-4-8-13-10-11/h4-5,8,10,12H,6-7,9H2,1H3. The summed E-state index contributed by atoms with van der Waals surface area (Å²) in [5.41, 5.74) is 1.26. The van der Waals surface area contributed by atoms with E-state index in [1.807, 2.05) is 19.2 Å². The maximum Gasteiger partial charge on any atom is 0.0576 e. The minimum absolute atomic E-state index is 0.775. The highest BCUT2D eigenvalue weighted by Gasteiger charge is 1.89. The SMILES string of the molecule is CC#CCNCCc1cccnc1. The number of nitrogens with one attached hydrogen (secondary N) is 1. The fourth-order valence-corrected chi connectivity index (χ4v) is 1.02. The van der Waals surface area contributed by atoms with Gasteiger partial charge in [0.05, 0.1) is 6.54 Å². The first-order valence-electron chi connectivity index (χ1n) is 4.42. The molecule has 0 amide bonds. The van der Waals surface area contributed by atoms with Gasteiger partial charge in [-0.25, -0.2) is 0 Å². The van der Waals surface area contributed by atoms with E-state index in [0.29, 0.717) is 0 Å². The lowest BCUT2D eigenvalue weighted by Gasteiger charge is -1.99. The van der Waals surface area contributed by atoms with E-state index < -0.39 is 0 Å². The molecule has 0 fully saturated rings.